The molecular weight excluding hydrogens is 184 g/mol. The molecule has 0 fully saturated rings. The molecule has 1 aromatic heterocycles. The third kappa shape index (κ3) is 3.84. The molecule has 0 radical (unpaired) electrons. The molecule has 1 unspecified atom stereocenters. The van der Waals surface area contributed by atoms with Crippen LogP contribution >= 0.6 is 0 Å². The molecule has 0 amide bonds. The number of nitrogens with zero attached hydrogens (tertiary/aromatic N) is 1. The second-order valence-electron chi connectivity index (χ2n) is 3.76. The lowest BCUT2D eigenvalue weighted by atomic mass is 10.1. The minimum absolute atomic E-state index is 0.366. The third-order valence-electron chi connectivity index (χ3n) is 2.52. The van der Waals surface area contributed by atoms with Crippen LogP contribution in [0.2, 0.25) is 0 Å². The number of hydrogen-bond donors (Lipinski definition) is 1. The van der Waals surface area contributed by atoms with Crippen LogP contribution < -0.4 is 5.32 Å². The van der Waals surface area contributed by atoms with E-state index in [2.05, 4.69) is 29.0 Å². The number of nitrogens with one attached hydrogen (secondary N) is 1. The van der Waals surface area contributed by atoms with Gasteiger partial charge in [0, 0.05) is 11.7 Å². The van der Waals surface area contributed by atoms with Gasteiger partial charge in [-0.1, -0.05) is 12.1 Å². The maximum absolute atomic E-state index is 4.53. The normalized spacial score (nSPS) is 12.4. The van der Waals surface area contributed by atoms with Gasteiger partial charge in [0.15, 0.2) is 0 Å². The van der Waals surface area contributed by atoms with Crippen molar-refractivity contribution in [3.05, 3.63) is 42.2 Å². The van der Waals surface area contributed by atoms with E-state index in [0.29, 0.717) is 6.04 Å². The molecule has 0 spiro atoms. The molecule has 2 nitrogen and oxygen atoms in total. The van der Waals surface area contributed by atoms with Crippen molar-refractivity contribution in [3.8, 4) is 0 Å². The number of aryl methyl sites for hydroxylation is 1. The van der Waals surface area contributed by atoms with E-state index in [1.165, 1.54) is 0 Å². The van der Waals surface area contributed by atoms with Gasteiger partial charge in [0.2, 0.25) is 0 Å². The van der Waals surface area contributed by atoms with Gasteiger partial charge in [0.1, 0.15) is 0 Å². The van der Waals surface area contributed by atoms with Crippen molar-refractivity contribution < 1.29 is 0 Å². The molecule has 0 saturated heterocycles. The maximum atomic E-state index is 4.53. The first-order valence-electron chi connectivity index (χ1n) is 5.49. The van der Waals surface area contributed by atoms with E-state index in [-0.39, 0.29) is 0 Å². The zero-order valence-electron chi connectivity index (χ0n) is 9.66. The first-order valence-corrected chi connectivity index (χ1v) is 5.49. The lowest BCUT2D eigenvalue weighted by Gasteiger charge is -2.15. The van der Waals surface area contributed by atoms with Crippen LogP contribution in [0.25, 0.3) is 0 Å². The van der Waals surface area contributed by atoms with E-state index in [0.717, 1.165) is 30.7 Å². The molecule has 0 bridgehead atoms. The number of unbranched alkanes of at least 4 members (excludes halogenated alkanes) is 1. The number of aromatic nitrogens is 1. The molecule has 0 aromatic carbocycles. The van der Waals surface area contributed by atoms with Gasteiger partial charge in [-0.05, 0) is 45.4 Å². The van der Waals surface area contributed by atoms with Gasteiger partial charge in [-0.25, -0.2) is 0 Å². The first-order chi connectivity index (χ1) is 7.27. The van der Waals surface area contributed by atoms with Gasteiger partial charge < -0.3 is 5.32 Å². The summed E-state index contributed by atoms with van der Waals surface area (Å²) in [6.45, 7) is 5.76. The second kappa shape index (κ2) is 6.36. The SMILES string of the molecule is C=CCCCC(NC)c1cccc(C)n1. The van der Waals surface area contributed by atoms with Crippen molar-refractivity contribution in [2.45, 2.75) is 32.2 Å². The summed E-state index contributed by atoms with van der Waals surface area (Å²) in [5, 5.41) is 3.31. The summed E-state index contributed by atoms with van der Waals surface area (Å²) < 4.78 is 0. The fourth-order valence-electron chi connectivity index (χ4n) is 1.66. The number of pyridine rings is 1. The Hall–Kier alpha value is -1.15. The van der Waals surface area contributed by atoms with Crippen LogP contribution in [0.3, 0.4) is 0 Å². The lowest BCUT2D eigenvalue weighted by Crippen LogP contribution is -2.17. The highest BCUT2D eigenvalue weighted by atomic mass is 14.9. The Labute approximate surface area is 92.4 Å². The fraction of sp³-hybridized carbons (Fsp3) is 0.462. The summed E-state index contributed by atoms with van der Waals surface area (Å²) in [5.74, 6) is 0. The number of allylic oxidation sites excluding steroid dienone is 1. The Morgan fingerprint density at radius 2 is 2.33 bits per heavy atom. The van der Waals surface area contributed by atoms with Gasteiger partial charge >= 0.3 is 0 Å². The third-order valence-corrected chi connectivity index (χ3v) is 2.52. The fourth-order valence-corrected chi connectivity index (χ4v) is 1.66. The van der Waals surface area contributed by atoms with Crippen molar-refractivity contribution in [2.75, 3.05) is 7.05 Å². The van der Waals surface area contributed by atoms with E-state index in [4.69, 9.17) is 0 Å². The van der Waals surface area contributed by atoms with Crippen LogP contribution in [-0.2, 0) is 0 Å². The molecule has 82 valence electrons. The predicted molar refractivity (Wildman–Crippen MR) is 64.8 cm³/mol. The lowest BCUT2D eigenvalue weighted by molar-refractivity contribution is 0.517. The summed E-state index contributed by atoms with van der Waals surface area (Å²) in [4.78, 5) is 4.53. The molecule has 0 aliphatic rings. The Kier molecular flexibility index (Phi) is 5.05. The monoisotopic (exact) mass is 204 g/mol. The van der Waals surface area contributed by atoms with E-state index in [1.807, 2.05) is 26.1 Å². The van der Waals surface area contributed by atoms with Crippen LogP contribution in [-0.4, -0.2) is 12.0 Å². The number of hydrogen-bond acceptors (Lipinski definition) is 2. The topological polar surface area (TPSA) is 24.9 Å². The van der Waals surface area contributed by atoms with E-state index in [1.54, 1.807) is 0 Å². The zero-order chi connectivity index (χ0) is 11.1. The van der Waals surface area contributed by atoms with Gasteiger partial charge in [0.25, 0.3) is 0 Å². The van der Waals surface area contributed by atoms with Gasteiger partial charge in [-0.3, -0.25) is 4.98 Å². The smallest absolute Gasteiger partial charge is 0.0576 e. The highest BCUT2D eigenvalue weighted by Gasteiger charge is 2.09. The van der Waals surface area contributed by atoms with Crippen molar-refractivity contribution in [2.24, 2.45) is 0 Å². The molecule has 1 N–H and O–H groups in total. The number of rotatable bonds is 6. The Morgan fingerprint density at radius 1 is 1.53 bits per heavy atom. The van der Waals surface area contributed by atoms with Gasteiger partial charge in [-0.2, -0.15) is 0 Å². The average Bonchev–Trinajstić information content (AvgIpc) is 2.24. The summed E-state index contributed by atoms with van der Waals surface area (Å²) in [6, 6.07) is 6.54. The average molecular weight is 204 g/mol. The molecule has 1 heterocycles. The van der Waals surface area contributed by atoms with Crippen LogP contribution in [0.1, 0.15) is 36.7 Å². The largest absolute Gasteiger partial charge is 0.312 e. The standard InChI is InChI=1S/C13H20N2/c1-4-5-6-9-12(14-3)13-10-7-8-11(2)15-13/h4,7-8,10,12,14H,1,5-6,9H2,2-3H3. The zero-order valence-corrected chi connectivity index (χ0v) is 9.66. The minimum Gasteiger partial charge on any atom is -0.312 e. The molecule has 0 aliphatic carbocycles. The second-order valence-corrected chi connectivity index (χ2v) is 3.76. The summed E-state index contributed by atoms with van der Waals surface area (Å²) >= 11 is 0. The predicted octanol–water partition coefficient (Wildman–Crippen LogP) is 3.01. The molecule has 2 heteroatoms. The van der Waals surface area contributed by atoms with E-state index in [9.17, 15) is 0 Å². The van der Waals surface area contributed by atoms with Crippen molar-refractivity contribution in [1.82, 2.24) is 10.3 Å². The molecule has 1 atom stereocenters. The molecule has 1 aromatic rings. The highest BCUT2D eigenvalue weighted by molar-refractivity contribution is 5.13. The van der Waals surface area contributed by atoms with Gasteiger partial charge in [-0.15, -0.1) is 6.58 Å². The minimum atomic E-state index is 0.366. The van der Waals surface area contributed by atoms with Crippen molar-refractivity contribution >= 4 is 0 Å². The van der Waals surface area contributed by atoms with Crippen LogP contribution in [0.4, 0.5) is 0 Å². The van der Waals surface area contributed by atoms with Crippen LogP contribution in [0.5, 0.6) is 0 Å². The summed E-state index contributed by atoms with van der Waals surface area (Å²) in [5.41, 5.74) is 2.22. The molecule has 0 aliphatic heterocycles. The van der Waals surface area contributed by atoms with E-state index >= 15 is 0 Å². The van der Waals surface area contributed by atoms with Crippen LogP contribution in [0, 0.1) is 6.92 Å². The van der Waals surface area contributed by atoms with Gasteiger partial charge in [0.05, 0.1) is 5.69 Å². The molecule has 0 saturated carbocycles. The molecular formula is C13H20N2. The quantitative estimate of drug-likeness (QED) is 0.569. The summed E-state index contributed by atoms with van der Waals surface area (Å²) in [6.07, 6.45) is 5.31. The van der Waals surface area contributed by atoms with Crippen molar-refractivity contribution in [3.63, 3.8) is 0 Å². The van der Waals surface area contributed by atoms with Crippen LogP contribution in [0.15, 0.2) is 30.9 Å². The summed E-state index contributed by atoms with van der Waals surface area (Å²) in [7, 11) is 1.99. The first kappa shape index (κ1) is 11.9. The highest BCUT2D eigenvalue weighted by Crippen LogP contribution is 2.17. The Balaban J connectivity index is 2.61. The molecule has 15 heavy (non-hydrogen) atoms. The maximum Gasteiger partial charge on any atom is 0.0576 e. The van der Waals surface area contributed by atoms with E-state index < -0.39 is 0 Å². The molecule has 1 rings (SSSR count). The Bertz CT molecular complexity index is 307. The van der Waals surface area contributed by atoms with Crippen molar-refractivity contribution in [1.29, 1.82) is 0 Å². The Morgan fingerprint density at radius 3 is 2.93 bits per heavy atom.